The molecule has 8 heteroatoms. The first kappa shape index (κ1) is 20.6. The summed E-state index contributed by atoms with van der Waals surface area (Å²) in [7, 11) is 1.59. The van der Waals surface area contributed by atoms with Gasteiger partial charge in [-0.05, 0) is 48.0 Å². The van der Waals surface area contributed by atoms with Crippen LogP contribution in [0.3, 0.4) is 0 Å². The molecule has 0 saturated heterocycles. The number of carbonyl (C=O) groups is 1. The standard InChI is InChI=1S/C23H20N4O3S/c1-30-18-10-8-17(9-11-18)25-21(28)15-31-23-26-20-7-3-2-6-19(20)22(29)27(23)14-16-5-4-12-24-13-16/h2-13H,14-15H2,1H3,(H,25,28). The predicted octanol–water partition coefficient (Wildman–Crippen LogP) is 3.58. The minimum absolute atomic E-state index is 0.115. The van der Waals surface area contributed by atoms with Gasteiger partial charge in [-0.25, -0.2) is 4.98 Å². The molecule has 156 valence electrons. The van der Waals surface area contributed by atoms with Crippen LogP contribution < -0.4 is 15.6 Å². The molecular formula is C23H20N4O3S. The molecule has 0 aliphatic heterocycles. The van der Waals surface area contributed by atoms with Crippen molar-refractivity contribution < 1.29 is 9.53 Å². The molecule has 0 aliphatic rings. The third-order valence-corrected chi connectivity index (χ3v) is 5.57. The Balaban J connectivity index is 1.57. The van der Waals surface area contributed by atoms with Crippen molar-refractivity contribution in [2.45, 2.75) is 11.7 Å². The molecule has 0 spiro atoms. The second-order valence-electron chi connectivity index (χ2n) is 6.73. The summed E-state index contributed by atoms with van der Waals surface area (Å²) < 4.78 is 6.71. The molecule has 0 aliphatic carbocycles. The summed E-state index contributed by atoms with van der Waals surface area (Å²) in [6, 6.07) is 18.0. The summed E-state index contributed by atoms with van der Waals surface area (Å²) in [6.07, 6.45) is 3.40. The van der Waals surface area contributed by atoms with Gasteiger partial charge in [0.15, 0.2) is 5.16 Å². The number of ether oxygens (including phenoxy) is 1. The van der Waals surface area contributed by atoms with E-state index < -0.39 is 0 Å². The average molecular weight is 433 g/mol. The first-order valence-electron chi connectivity index (χ1n) is 9.59. The first-order chi connectivity index (χ1) is 15.1. The number of methoxy groups -OCH3 is 1. The van der Waals surface area contributed by atoms with Crippen molar-refractivity contribution in [1.29, 1.82) is 0 Å². The number of amides is 1. The van der Waals surface area contributed by atoms with Gasteiger partial charge in [0, 0.05) is 18.1 Å². The summed E-state index contributed by atoms with van der Waals surface area (Å²) in [5.74, 6) is 0.641. The van der Waals surface area contributed by atoms with Gasteiger partial charge in [-0.1, -0.05) is 30.0 Å². The average Bonchev–Trinajstić information content (AvgIpc) is 2.81. The number of pyridine rings is 1. The fourth-order valence-electron chi connectivity index (χ4n) is 3.07. The number of nitrogens with one attached hydrogen (secondary N) is 1. The SMILES string of the molecule is COc1ccc(NC(=O)CSc2nc3ccccc3c(=O)n2Cc2cccnc2)cc1. The molecule has 4 rings (SSSR count). The minimum atomic E-state index is -0.189. The Hall–Kier alpha value is -3.65. The van der Waals surface area contributed by atoms with Crippen LogP contribution in [0, 0.1) is 0 Å². The molecule has 31 heavy (non-hydrogen) atoms. The van der Waals surface area contributed by atoms with Crippen LogP contribution in [0.25, 0.3) is 10.9 Å². The number of thioether (sulfide) groups is 1. The number of hydrogen-bond donors (Lipinski definition) is 1. The van der Waals surface area contributed by atoms with E-state index in [4.69, 9.17) is 4.74 Å². The van der Waals surface area contributed by atoms with Crippen molar-refractivity contribution in [2.24, 2.45) is 0 Å². The van der Waals surface area contributed by atoms with E-state index in [1.165, 1.54) is 11.8 Å². The summed E-state index contributed by atoms with van der Waals surface area (Å²) in [4.78, 5) is 34.4. The molecular weight excluding hydrogens is 412 g/mol. The summed E-state index contributed by atoms with van der Waals surface area (Å²) in [6.45, 7) is 0.326. The van der Waals surface area contributed by atoms with Crippen molar-refractivity contribution in [3.63, 3.8) is 0 Å². The lowest BCUT2D eigenvalue weighted by Crippen LogP contribution is -2.25. The van der Waals surface area contributed by atoms with Crippen LogP contribution >= 0.6 is 11.8 Å². The lowest BCUT2D eigenvalue weighted by molar-refractivity contribution is -0.113. The van der Waals surface area contributed by atoms with Crippen molar-refractivity contribution in [3.05, 3.63) is 89.0 Å². The van der Waals surface area contributed by atoms with Gasteiger partial charge in [-0.3, -0.25) is 19.1 Å². The first-order valence-corrected chi connectivity index (χ1v) is 10.6. The molecule has 0 fully saturated rings. The zero-order valence-electron chi connectivity index (χ0n) is 16.8. The van der Waals surface area contributed by atoms with Gasteiger partial charge >= 0.3 is 0 Å². The summed E-state index contributed by atoms with van der Waals surface area (Å²) in [5.41, 5.74) is 2.01. The van der Waals surface area contributed by atoms with E-state index in [0.717, 1.165) is 5.56 Å². The van der Waals surface area contributed by atoms with Crippen LogP contribution in [0.5, 0.6) is 5.75 Å². The van der Waals surface area contributed by atoms with Gasteiger partial charge in [0.25, 0.3) is 5.56 Å². The van der Waals surface area contributed by atoms with Crippen LogP contribution in [0.15, 0.2) is 83.0 Å². The lowest BCUT2D eigenvalue weighted by atomic mass is 10.2. The third kappa shape index (κ3) is 4.92. The van der Waals surface area contributed by atoms with E-state index in [-0.39, 0.29) is 17.2 Å². The highest BCUT2D eigenvalue weighted by atomic mass is 32.2. The number of benzene rings is 2. The van der Waals surface area contributed by atoms with Crippen molar-refractivity contribution in [3.8, 4) is 5.75 Å². The molecule has 0 bridgehead atoms. The number of rotatable bonds is 7. The number of carbonyl (C=O) groups excluding carboxylic acids is 1. The molecule has 2 heterocycles. The quantitative estimate of drug-likeness (QED) is 0.355. The highest BCUT2D eigenvalue weighted by molar-refractivity contribution is 7.99. The third-order valence-electron chi connectivity index (χ3n) is 4.60. The van der Waals surface area contributed by atoms with Crippen molar-refractivity contribution in [1.82, 2.24) is 14.5 Å². The molecule has 0 unspecified atom stereocenters. The minimum Gasteiger partial charge on any atom is -0.497 e. The summed E-state index contributed by atoms with van der Waals surface area (Å²) >= 11 is 1.23. The van der Waals surface area contributed by atoms with E-state index in [0.29, 0.717) is 34.0 Å². The molecule has 0 radical (unpaired) electrons. The van der Waals surface area contributed by atoms with Crippen LogP contribution in [-0.4, -0.2) is 33.3 Å². The van der Waals surface area contributed by atoms with E-state index in [2.05, 4.69) is 15.3 Å². The fourth-order valence-corrected chi connectivity index (χ4v) is 3.87. The maximum absolute atomic E-state index is 13.1. The molecule has 2 aromatic carbocycles. The molecule has 0 atom stereocenters. The summed E-state index contributed by atoms with van der Waals surface area (Å²) in [5, 5.41) is 3.87. The number of aromatic nitrogens is 3. The highest BCUT2D eigenvalue weighted by Gasteiger charge is 2.14. The fraction of sp³-hybridized carbons (Fsp3) is 0.130. The Morgan fingerprint density at radius 3 is 2.65 bits per heavy atom. The monoisotopic (exact) mass is 432 g/mol. The Kier molecular flexibility index (Phi) is 6.28. The molecule has 2 aromatic heterocycles. The predicted molar refractivity (Wildman–Crippen MR) is 122 cm³/mol. The number of para-hydroxylation sites is 1. The van der Waals surface area contributed by atoms with Crippen molar-refractivity contribution in [2.75, 3.05) is 18.2 Å². The van der Waals surface area contributed by atoms with Crippen LogP contribution in [-0.2, 0) is 11.3 Å². The smallest absolute Gasteiger partial charge is 0.262 e. The van der Waals surface area contributed by atoms with Gasteiger partial charge in [-0.2, -0.15) is 0 Å². The zero-order chi connectivity index (χ0) is 21.6. The van der Waals surface area contributed by atoms with Crippen LogP contribution in [0.2, 0.25) is 0 Å². The van der Waals surface area contributed by atoms with Crippen molar-refractivity contribution >= 4 is 34.3 Å². The maximum atomic E-state index is 13.1. The highest BCUT2D eigenvalue weighted by Crippen LogP contribution is 2.20. The van der Waals surface area contributed by atoms with Gasteiger partial charge in [-0.15, -0.1) is 0 Å². The normalized spacial score (nSPS) is 10.7. The van der Waals surface area contributed by atoms with E-state index in [1.807, 2.05) is 24.3 Å². The van der Waals surface area contributed by atoms with Gasteiger partial charge in [0.1, 0.15) is 5.75 Å². The Bertz CT molecular complexity index is 1260. The molecule has 1 amide bonds. The molecule has 1 N–H and O–H groups in total. The molecule has 0 saturated carbocycles. The number of nitrogens with zero attached hydrogens (tertiary/aromatic N) is 3. The second kappa shape index (κ2) is 9.44. The zero-order valence-corrected chi connectivity index (χ0v) is 17.6. The molecule has 7 nitrogen and oxygen atoms in total. The Morgan fingerprint density at radius 1 is 1.10 bits per heavy atom. The van der Waals surface area contributed by atoms with Crippen LogP contribution in [0.1, 0.15) is 5.56 Å². The Labute approximate surface area is 183 Å². The van der Waals surface area contributed by atoms with E-state index in [9.17, 15) is 9.59 Å². The van der Waals surface area contributed by atoms with Crippen LogP contribution in [0.4, 0.5) is 5.69 Å². The van der Waals surface area contributed by atoms with E-state index in [1.54, 1.807) is 60.5 Å². The number of anilines is 1. The number of hydrogen-bond acceptors (Lipinski definition) is 6. The second-order valence-corrected chi connectivity index (χ2v) is 7.67. The van der Waals surface area contributed by atoms with Gasteiger partial charge < -0.3 is 10.1 Å². The Morgan fingerprint density at radius 2 is 1.90 bits per heavy atom. The number of fused-ring (bicyclic) bond motifs is 1. The van der Waals surface area contributed by atoms with Gasteiger partial charge in [0.2, 0.25) is 5.91 Å². The lowest BCUT2D eigenvalue weighted by Gasteiger charge is -2.13. The topological polar surface area (TPSA) is 86.1 Å². The largest absolute Gasteiger partial charge is 0.497 e. The van der Waals surface area contributed by atoms with E-state index >= 15 is 0 Å². The maximum Gasteiger partial charge on any atom is 0.262 e. The molecule has 4 aromatic rings. The van der Waals surface area contributed by atoms with Gasteiger partial charge in [0.05, 0.1) is 30.3 Å².